The lowest BCUT2D eigenvalue weighted by atomic mass is 10.4. The van der Waals surface area contributed by atoms with Crippen molar-refractivity contribution < 1.29 is 12.8 Å². The van der Waals surface area contributed by atoms with E-state index in [4.69, 9.17) is 0 Å². The molecule has 7 heteroatoms. The van der Waals surface area contributed by atoms with Crippen molar-refractivity contribution in [3.63, 3.8) is 0 Å². The van der Waals surface area contributed by atoms with Crippen molar-refractivity contribution in [1.29, 1.82) is 0 Å². The van der Waals surface area contributed by atoms with E-state index in [-0.39, 0.29) is 0 Å². The Hall–Kier alpha value is -1.21. The first-order valence-electron chi connectivity index (χ1n) is 2.90. The lowest BCUT2D eigenvalue weighted by Gasteiger charge is -2.01. The fourth-order valence-electron chi connectivity index (χ4n) is 0.596. The third kappa shape index (κ3) is 2.44. The van der Waals surface area contributed by atoms with Gasteiger partial charge in [-0.05, 0) is 12.1 Å². The minimum Gasteiger partial charge on any atom is -0.252 e. The second-order valence-corrected chi connectivity index (χ2v) is 3.28. The van der Waals surface area contributed by atoms with Crippen LogP contribution in [-0.4, -0.2) is 13.4 Å². The van der Waals surface area contributed by atoms with Gasteiger partial charge in [-0.1, -0.05) is 0 Å². The van der Waals surface area contributed by atoms with E-state index in [1.54, 1.807) is 4.72 Å². The van der Waals surface area contributed by atoms with Crippen LogP contribution >= 0.6 is 0 Å². The van der Waals surface area contributed by atoms with Gasteiger partial charge in [-0.15, -0.1) is 0 Å². The number of rotatable bonds is 2. The molecule has 1 heterocycles. The van der Waals surface area contributed by atoms with E-state index < -0.39 is 21.8 Å². The van der Waals surface area contributed by atoms with Crippen molar-refractivity contribution in [1.82, 2.24) is 4.98 Å². The predicted molar refractivity (Wildman–Crippen MR) is 40.9 cm³/mol. The molecule has 0 atom stereocenters. The molecule has 0 saturated heterocycles. The molecule has 0 fully saturated rings. The third-order valence-corrected chi connectivity index (χ3v) is 1.48. The Bertz CT molecular complexity index is 378. The van der Waals surface area contributed by atoms with E-state index in [1.165, 1.54) is 12.3 Å². The molecular formula is C5H6FN3O2S. The van der Waals surface area contributed by atoms with Gasteiger partial charge < -0.3 is 0 Å². The minimum absolute atomic E-state index is 0.403. The zero-order valence-electron chi connectivity index (χ0n) is 5.86. The normalized spacial score (nSPS) is 11.2. The lowest BCUT2D eigenvalue weighted by Crippen LogP contribution is -2.22. The molecule has 1 aromatic rings. The number of hydrogen-bond acceptors (Lipinski definition) is 3. The van der Waals surface area contributed by atoms with Crippen LogP contribution in [0.1, 0.15) is 0 Å². The summed E-state index contributed by atoms with van der Waals surface area (Å²) in [6.07, 6.45) is 1.25. The quantitative estimate of drug-likeness (QED) is 0.680. The first-order valence-corrected chi connectivity index (χ1v) is 4.45. The van der Waals surface area contributed by atoms with Gasteiger partial charge >= 0.3 is 0 Å². The molecule has 0 spiro atoms. The van der Waals surface area contributed by atoms with Gasteiger partial charge in [-0.2, -0.15) is 8.42 Å². The van der Waals surface area contributed by atoms with Gasteiger partial charge in [0.1, 0.15) is 0 Å². The molecule has 0 unspecified atom stereocenters. The zero-order valence-corrected chi connectivity index (χ0v) is 6.68. The molecule has 0 radical (unpaired) electrons. The van der Waals surface area contributed by atoms with Crippen molar-refractivity contribution in [2.45, 2.75) is 0 Å². The van der Waals surface area contributed by atoms with Crippen LogP contribution in [0.15, 0.2) is 18.3 Å². The number of nitrogens with zero attached hydrogens (tertiary/aromatic N) is 1. The summed E-state index contributed by atoms with van der Waals surface area (Å²) in [4.78, 5) is 3.42. The Morgan fingerprint density at radius 1 is 1.58 bits per heavy atom. The molecule has 1 aromatic heterocycles. The van der Waals surface area contributed by atoms with E-state index >= 15 is 0 Å². The van der Waals surface area contributed by atoms with Crippen molar-refractivity contribution in [3.8, 4) is 0 Å². The number of anilines is 1. The summed E-state index contributed by atoms with van der Waals surface area (Å²) in [5, 5.41) is 4.59. The van der Waals surface area contributed by atoms with Crippen molar-refractivity contribution in [2.75, 3.05) is 4.72 Å². The second kappa shape index (κ2) is 3.03. The Morgan fingerprint density at radius 2 is 2.25 bits per heavy atom. The van der Waals surface area contributed by atoms with Crippen LogP contribution in [0, 0.1) is 5.82 Å². The van der Waals surface area contributed by atoms with E-state index in [0.717, 1.165) is 6.07 Å². The molecule has 5 nitrogen and oxygen atoms in total. The highest BCUT2D eigenvalue weighted by Crippen LogP contribution is 2.08. The molecule has 0 aromatic carbocycles. The Labute approximate surface area is 68.6 Å². The number of hydrogen-bond donors (Lipinski definition) is 2. The number of nitrogens with two attached hydrogens (primary N) is 1. The highest BCUT2D eigenvalue weighted by atomic mass is 32.2. The van der Waals surface area contributed by atoms with Crippen molar-refractivity contribution >= 4 is 16.0 Å². The second-order valence-electron chi connectivity index (χ2n) is 1.98. The van der Waals surface area contributed by atoms with Gasteiger partial charge in [0.05, 0.1) is 0 Å². The molecule has 0 aliphatic carbocycles. The van der Waals surface area contributed by atoms with Gasteiger partial charge in [-0.25, -0.2) is 14.5 Å². The average molecular weight is 191 g/mol. The molecule has 0 saturated carbocycles. The monoisotopic (exact) mass is 191 g/mol. The Balaban J connectivity index is 2.98. The molecule has 0 aliphatic heterocycles. The van der Waals surface area contributed by atoms with Crippen LogP contribution < -0.4 is 9.86 Å². The average Bonchev–Trinajstić information content (AvgIpc) is 1.91. The number of nitrogens with one attached hydrogen (secondary N) is 1. The van der Waals surface area contributed by atoms with Crippen molar-refractivity contribution in [3.05, 3.63) is 24.1 Å². The Morgan fingerprint density at radius 3 is 2.75 bits per heavy atom. The SMILES string of the molecule is NS(=O)(=O)Nc1ncccc1F. The van der Waals surface area contributed by atoms with E-state index in [1.807, 2.05) is 0 Å². The summed E-state index contributed by atoms with van der Waals surface area (Å²) in [7, 11) is -3.95. The first-order chi connectivity index (χ1) is 5.49. The summed E-state index contributed by atoms with van der Waals surface area (Å²) in [6.45, 7) is 0. The number of pyridine rings is 1. The summed E-state index contributed by atoms with van der Waals surface area (Å²) < 4.78 is 35.2. The van der Waals surface area contributed by atoms with Crippen LogP contribution in [0.2, 0.25) is 0 Å². The predicted octanol–water partition coefficient (Wildman–Crippen LogP) is -0.164. The zero-order chi connectivity index (χ0) is 9.19. The summed E-state index contributed by atoms with van der Waals surface area (Å²) in [5.74, 6) is -1.17. The van der Waals surface area contributed by atoms with E-state index in [9.17, 15) is 12.8 Å². The maximum atomic E-state index is 12.7. The largest absolute Gasteiger partial charge is 0.297 e. The summed E-state index contributed by atoms with van der Waals surface area (Å²) in [6, 6.07) is 2.41. The van der Waals surface area contributed by atoms with Gasteiger partial charge in [0.2, 0.25) is 0 Å². The Kier molecular flexibility index (Phi) is 2.25. The van der Waals surface area contributed by atoms with Gasteiger partial charge in [0, 0.05) is 6.20 Å². The molecule has 1 rings (SSSR count). The van der Waals surface area contributed by atoms with Gasteiger partial charge in [-0.3, -0.25) is 4.72 Å². The summed E-state index contributed by atoms with van der Waals surface area (Å²) >= 11 is 0. The highest BCUT2D eigenvalue weighted by Gasteiger charge is 2.07. The molecule has 66 valence electrons. The molecule has 12 heavy (non-hydrogen) atoms. The van der Waals surface area contributed by atoms with Gasteiger partial charge in [0.25, 0.3) is 10.2 Å². The number of aromatic nitrogens is 1. The van der Waals surface area contributed by atoms with E-state index in [0.29, 0.717) is 0 Å². The molecular weight excluding hydrogens is 185 g/mol. The minimum atomic E-state index is -3.95. The van der Waals surface area contributed by atoms with Gasteiger partial charge in [0.15, 0.2) is 11.6 Å². The molecule has 0 aliphatic rings. The van der Waals surface area contributed by atoms with Crippen LogP contribution in [0.3, 0.4) is 0 Å². The van der Waals surface area contributed by atoms with Crippen LogP contribution in [0.4, 0.5) is 10.2 Å². The highest BCUT2D eigenvalue weighted by molar-refractivity contribution is 7.90. The fourth-order valence-corrected chi connectivity index (χ4v) is 1.02. The lowest BCUT2D eigenvalue weighted by molar-refractivity contribution is 0.599. The summed E-state index contributed by atoms with van der Waals surface area (Å²) in [5.41, 5.74) is 0. The van der Waals surface area contributed by atoms with Crippen LogP contribution in [0.5, 0.6) is 0 Å². The molecule has 3 N–H and O–H groups in total. The first kappa shape index (κ1) is 8.88. The fraction of sp³-hybridized carbons (Fsp3) is 0. The smallest absolute Gasteiger partial charge is 0.252 e. The molecule has 0 bridgehead atoms. The van der Waals surface area contributed by atoms with Crippen molar-refractivity contribution in [2.24, 2.45) is 5.14 Å². The number of halogens is 1. The maximum absolute atomic E-state index is 12.7. The molecule has 0 amide bonds. The third-order valence-electron chi connectivity index (χ3n) is 0.997. The maximum Gasteiger partial charge on any atom is 0.297 e. The van der Waals surface area contributed by atoms with E-state index in [2.05, 4.69) is 10.1 Å². The topological polar surface area (TPSA) is 85.1 Å². The standard InChI is InChI=1S/C5H6FN3O2S/c6-4-2-1-3-8-5(4)9-12(7,10)11/h1-3H,(H,8,9)(H2,7,10,11). The van der Waals surface area contributed by atoms with Crippen LogP contribution in [0.25, 0.3) is 0 Å². The van der Waals surface area contributed by atoms with Crippen LogP contribution in [-0.2, 0) is 10.2 Å².